The van der Waals surface area contributed by atoms with Crippen molar-refractivity contribution in [2.75, 3.05) is 25.5 Å². The van der Waals surface area contributed by atoms with E-state index in [2.05, 4.69) is 5.32 Å². The molecule has 1 aromatic carbocycles. The van der Waals surface area contributed by atoms with Gasteiger partial charge in [0.2, 0.25) is 0 Å². The molecule has 0 atom stereocenters. The zero-order chi connectivity index (χ0) is 15.5. The van der Waals surface area contributed by atoms with Crippen molar-refractivity contribution in [1.82, 2.24) is 5.32 Å². The van der Waals surface area contributed by atoms with E-state index >= 15 is 0 Å². The summed E-state index contributed by atoms with van der Waals surface area (Å²) in [5.41, 5.74) is 4.61. The standard InChI is InChI=1S/C14H17F3N2O2/c15-14(16,17)10-1-2-12(18)11(7-10)13(20)19-8-9-3-5-21-6-4-9/h1-2,7,9H,3-6,8,18H2,(H,19,20). The van der Waals surface area contributed by atoms with Crippen LogP contribution in [0.15, 0.2) is 18.2 Å². The maximum absolute atomic E-state index is 12.7. The van der Waals surface area contributed by atoms with Crippen LogP contribution in [0.25, 0.3) is 0 Å². The molecule has 1 aromatic rings. The van der Waals surface area contributed by atoms with Crippen LogP contribution in [0.3, 0.4) is 0 Å². The van der Waals surface area contributed by atoms with Gasteiger partial charge in [-0.25, -0.2) is 0 Å². The van der Waals surface area contributed by atoms with Crippen LogP contribution in [0.5, 0.6) is 0 Å². The Morgan fingerprint density at radius 3 is 2.62 bits per heavy atom. The highest BCUT2D eigenvalue weighted by atomic mass is 19.4. The first-order valence-electron chi connectivity index (χ1n) is 6.70. The lowest BCUT2D eigenvalue weighted by atomic mass is 10.00. The lowest BCUT2D eigenvalue weighted by molar-refractivity contribution is -0.137. The van der Waals surface area contributed by atoms with Gasteiger partial charge in [-0.1, -0.05) is 0 Å². The molecule has 21 heavy (non-hydrogen) atoms. The second kappa shape index (κ2) is 6.34. The molecule has 0 radical (unpaired) electrons. The van der Waals surface area contributed by atoms with Crippen LogP contribution < -0.4 is 11.1 Å². The number of hydrogen-bond donors (Lipinski definition) is 2. The molecule has 0 unspecified atom stereocenters. The van der Waals surface area contributed by atoms with Crippen molar-refractivity contribution in [2.24, 2.45) is 5.92 Å². The summed E-state index contributed by atoms with van der Waals surface area (Å²) in [6.45, 7) is 1.70. The van der Waals surface area contributed by atoms with Crippen LogP contribution >= 0.6 is 0 Å². The fourth-order valence-electron chi connectivity index (χ4n) is 2.21. The molecule has 1 aliphatic heterocycles. The minimum Gasteiger partial charge on any atom is -0.398 e. The van der Waals surface area contributed by atoms with E-state index in [1.54, 1.807) is 0 Å². The normalized spacial score (nSPS) is 16.7. The van der Waals surface area contributed by atoms with Crippen molar-refractivity contribution < 1.29 is 22.7 Å². The Kier molecular flexibility index (Phi) is 4.72. The summed E-state index contributed by atoms with van der Waals surface area (Å²) in [6, 6.07) is 2.76. The number of carbonyl (C=O) groups excluding carboxylic acids is 1. The van der Waals surface area contributed by atoms with Gasteiger partial charge in [-0.3, -0.25) is 4.79 Å². The molecule has 1 amide bonds. The molecule has 7 heteroatoms. The number of hydrogen-bond acceptors (Lipinski definition) is 3. The molecular formula is C14H17F3N2O2. The molecule has 1 saturated heterocycles. The largest absolute Gasteiger partial charge is 0.416 e. The van der Waals surface area contributed by atoms with E-state index in [0.29, 0.717) is 19.8 Å². The molecule has 4 nitrogen and oxygen atoms in total. The Hall–Kier alpha value is -1.76. The summed E-state index contributed by atoms with van der Waals surface area (Å²) < 4.78 is 43.2. The van der Waals surface area contributed by atoms with Gasteiger partial charge in [-0.05, 0) is 37.0 Å². The minimum absolute atomic E-state index is 0.0347. The Morgan fingerprint density at radius 1 is 1.33 bits per heavy atom. The number of nitrogens with two attached hydrogens (primary N) is 1. The SMILES string of the molecule is Nc1ccc(C(F)(F)F)cc1C(=O)NCC1CCOCC1. The van der Waals surface area contributed by atoms with Gasteiger partial charge in [0.15, 0.2) is 0 Å². The van der Waals surface area contributed by atoms with Crippen LogP contribution in [0.1, 0.15) is 28.8 Å². The van der Waals surface area contributed by atoms with E-state index in [4.69, 9.17) is 10.5 Å². The van der Waals surface area contributed by atoms with Gasteiger partial charge in [-0.15, -0.1) is 0 Å². The topological polar surface area (TPSA) is 64.4 Å². The number of rotatable bonds is 3. The lowest BCUT2D eigenvalue weighted by Crippen LogP contribution is -2.32. The Balaban J connectivity index is 2.04. The van der Waals surface area contributed by atoms with Crippen LogP contribution in [0.4, 0.5) is 18.9 Å². The van der Waals surface area contributed by atoms with Gasteiger partial charge in [0.25, 0.3) is 5.91 Å². The summed E-state index contributed by atoms with van der Waals surface area (Å²) in [7, 11) is 0. The lowest BCUT2D eigenvalue weighted by Gasteiger charge is -2.22. The second-order valence-corrected chi connectivity index (χ2v) is 5.07. The van der Waals surface area contributed by atoms with Crippen LogP contribution in [0, 0.1) is 5.92 Å². The van der Waals surface area contributed by atoms with E-state index in [0.717, 1.165) is 31.0 Å². The Labute approximate surface area is 120 Å². The van der Waals surface area contributed by atoms with Crippen molar-refractivity contribution >= 4 is 11.6 Å². The van der Waals surface area contributed by atoms with E-state index in [9.17, 15) is 18.0 Å². The molecule has 1 aliphatic rings. The number of benzene rings is 1. The summed E-state index contributed by atoms with van der Waals surface area (Å²) in [4.78, 5) is 12.0. The molecule has 116 valence electrons. The third-order valence-corrected chi connectivity index (χ3v) is 3.52. The number of anilines is 1. The van der Waals surface area contributed by atoms with Gasteiger partial charge in [0.1, 0.15) is 0 Å². The third-order valence-electron chi connectivity index (χ3n) is 3.52. The van der Waals surface area contributed by atoms with Crippen molar-refractivity contribution in [3.05, 3.63) is 29.3 Å². The molecule has 2 rings (SSSR count). The summed E-state index contributed by atoms with van der Waals surface area (Å²) in [6.07, 6.45) is -2.83. The Bertz CT molecular complexity index is 511. The number of nitrogen functional groups attached to an aromatic ring is 1. The average Bonchev–Trinajstić information content (AvgIpc) is 2.45. The predicted octanol–water partition coefficient (Wildman–Crippen LogP) is 2.44. The van der Waals surface area contributed by atoms with Crippen molar-refractivity contribution in [2.45, 2.75) is 19.0 Å². The van der Waals surface area contributed by atoms with Gasteiger partial charge in [0.05, 0.1) is 11.1 Å². The summed E-state index contributed by atoms with van der Waals surface area (Å²) in [5, 5.41) is 2.65. The molecule has 0 aliphatic carbocycles. The first-order chi connectivity index (χ1) is 9.88. The molecule has 3 N–H and O–H groups in total. The smallest absolute Gasteiger partial charge is 0.398 e. The highest BCUT2D eigenvalue weighted by Gasteiger charge is 2.31. The number of carbonyl (C=O) groups is 1. The number of ether oxygens (including phenoxy) is 1. The van der Waals surface area contributed by atoms with Gasteiger partial charge in [-0.2, -0.15) is 13.2 Å². The van der Waals surface area contributed by atoms with Crippen LogP contribution in [0.2, 0.25) is 0 Å². The average molecular weight is 302 g/mol. The molecule has 0 bridgehead atoms. The maximum Gasteiger partial charge on any atom is 0.416 e. The van der Waals surface area contributed by atoms with Gasteiger partial charge in [0, 0.05) is 25.4 Å². The van der Waals surface area contributed by atoms with Gasteiger partial charge >= 0.3 is 6.18 Å². The van der Waals surface area contributed by atoms with Crippen LogP contribution in [-0.2, 0) is 10.9 Å². The van der Waals surface area contributed by atoms with Crippen molar-refractivity contribution in [1.29, 1.82) is 0 Å². The third kappa shape index (κ3) is 4.10. The second-order valence-electron chi connectivity index (χ2n) is 5.07. The molecular weight excluding hydrogens is 285 g/mol. The highest BCUT2D eigenvalue weighted by Crippen LogP contribution is 2.31. The summed E-state index contributed by atoms with van der Waals surface area (Å²) in [5.74, 6) is -0.292. The fraction of sp³-hybridized carbons (Fsp3) is 0.500. The molecule has 1 fully saturated rings. The quantitative estimate of drug-likeness (QED) is 0.843. The summed E-state index contributed by atoms with van der Waals surface area (Å²) >= 11 is 0. The zero-order valence-corrected chi connectivity index (χ0v) is 11.4. The highest BCUT2D eigenvalue weighted by molar-refractivity contribution is 5.99. The van der Waals surface area contributed by atoms with Crippen molar-refractivity contribution in [3.63, 3.8) is 0 Å². The molecule has 0 spiro atoms. The molecule has 1 heterocycles. The Morgan fingerprint density at radius 2 is 2.00 bits per heavy atom. The number of alkyl halides is 3. The number of amides is 1. The minimum atomic E-state index is -4.50. The maximum atomic E-state index is 12.7. The van der Waals surface area contributed by atoms with E-state index in [1.165, 1.54) is 0 Å². The van der Waals surface area contributed by atoms with Crippen molar-refractivity contribution in [3.8, 4) is 0 Å². The monoisotopic (exact) mass is 302 g/mol. The van der Waals surface area contributed by atoms with Crippen LogP contribution in [-0.4, -0.2) is 25.7 Å². The van der Waals surface area contributed by atoms with E-state index in [1.807, 2.05) is 0 Å². The number of halogens is 3. The van der Waals surface area contributed by atoms with Gasteiger partial charge < -0.3 is 15.8 Å². The zero-order valence-electron chi connectivity index (χ0n) is 11.4. The first kappa shape index (κ1) is 15.6. The first-order valence-corrected chi connectivity index (χ1v) is 6.70. The molecule has 0 aromatic heterocycles. The fourth-order valence-corrected chi connectivity index (χ4v) is 2.21. The number of nitrogens with one attached hydrogen (secondary N) is 1. The molecule has 0 saturated carbocycles. The van der Waals surface area contributed by atoms with E-state index < -0.39 is 17.6 Å². The predicted molar refractivity (Wildman–Crippen MR) is 71.7 cm³/mol. The van der Waals surface area contributed by atoms with E-state index in [-0.39, 0.29) is 17.2 Å².